The van der Waals surface area contributed by atoms with E-state index in [1.54, 1.807) is 0 Å². The molecule has 69 heavy (non-hydrogen) atoms. The molecule has 0 bridgehead atoms. The Morgan fingerprint density at radius 2 is 0.899 bits per heavy atom. The normalized spacial score (nSPS) is 14.2. The first kappa shape index (κ1) is 66.7. The van der Waals surface area contributed by atoms with Crippen molar-refractivity contribution in [3.05, 3.63) is 60.8 Å². The van der Waals surface area contributed by atoms with Gasteiger partial charge in [-0.1, -0.05) is 230 Å². The van der Waals surface area contributed by atoms with Crippen LogP contribution in [0.5, 0.6) is 0 Å². The molecule has 0 saturated carbocycles. The van der Waals surface area contributed by atoms with Gasteiger partial charge in [-0.25, -0.2) is 0 Å². The molecular weight excluding hydrogens is 880 g/mol. The van der Waals surface area contributed by atoms with E-state index in [4.69, 9.17) is 13.8 Å². The van der Waals surface area contributed by atoms with Crippen LogP contribution in [0.15, 0.2) is 60.8 Å². The van der Waals surface area contributed by atoms with Crippen molar-refractivity contribution in [3.63, 3.8) is 0 Å². The fourth-order valence-corrected chi connectivity index (χ4v) is 8.71. The highest BCUT2D eigenvalue weighted by Crippen LogP contribution is 2.38. The first-order chi connectivity index (χ1) is 33.4. The lowest BCUT2D eigenvalue weighted by Gasteiger charge is -2.30. The van der Waals surface area contributed by atoms with Gasteiger partial charge in [-0.15, -0.1) is 0 Å². The fourth-order valence-electron chi connectivity index (χ4n) is 7.98. The summed E-state index contributed by atoms with van der Waals surface area (Å²) in [4.78, 5) is 39.8. The summed E-state index contributed by atoms with van der Waals surface area (Å²) in [6.45, 7) is 6.77. The zero-order valence-corrected chi connectivity index (χ0v) is 46.7. The summed E-state index contributed by atoms with van der Waals surface area (Å²) in [6.07, 6.45) is 60.5. The quantitative estimate of drug-likeness (QED) is 0.0212. The second-order valence-corrected chi connectivity index (χ2v) is 21.9. The summed E-state index contributed by atoms with van der Waals surface area (Å²) in [5, 5.41) is 3.00. The number of hydrogen-bond acceptors (Lipinski definition) is 7. The Hall–Kier alpha value is -2.29. The van der Waals surface area contributed by atoms with Crippen LogP contribution in [-0.4, -0.2) is 69.4 Å². The average molecular weight is 990 g/mol. The lowest BCUT2D eigenvalue weighted by Crippen LogP contribution is -2.47. The van der Waals surface area contributed by atoms with Gasteiger partial charge >= 0.3 is 5.97 Å². The SMILES string of the molecule is CCCCC/C=C\C/C=C\C/C=C\C/C=C\CCCC(=O)OC(/C=C/CCCCCCCCCCC)C(COP(=O)([O-])OCC[N+](C)(C)C)NC(=O)CCCCCCCCCCCCCCCCC. The van der Waals surface area contributed by atoms with Crippen molar-refractivity contribution in [2.24, 2.45) is 0 Å². The van der Waals surface area contributed by atoms with Gasteiger partial charge in [0.15, 0.2) is 0 Å². The summed E-state index contributed by atoms with van der Waals surface area (Å²) in [6, 6.07) is -0.907. The van der Waals surface area contributed by atoms with Crippen molar-refractivity contribution in [1.29, 1.82) is 0 Å². The largest absolute Gasteiger partial charge is 0.756 e. The minimum Gasteiger partial charge on any atom is -0.756 e. The van der Waals surface area contributed by atoms with Crippen LogP contribution < -0.4 is 10.2 Å². The van der Waals surface area contributed by atoms with Gasteiger partial charge < -0.3 is 28.5 Å². The maximum atomic E-state index is 13.5. The molecule has 10 heteroatoms. The Morgan fingerprint density at radius 1 is 0.507 bits per heavy atom. The van der Waals surface area contributed by atoms with Gasteiger partial charge in [-0.05, 0) is 70.3 Å². The number of carbonyl (C=O) groups excluding carboxylic acids is 2. The highest BCUT2D eigenvalue weighted by molar-refractivity contribution is 7.45. The Kier molecular flexibility index (Phi) is 47.7. The molecule has 0 aliphatic rings. The summed E-state index contributed by atoms with van der Waals surface area (Å²) < 4.78 is 30.2. The van der Waals surface area contributed by atoms with Gasteiger partial charge in [-0.2, -0.15) is 0 Å². The van der Waals surface area contributed by atoms with E-state index >= 15 is 0 Å². The monoisotopic (exact) mass is 989 g/mol. The van der Waals surface area contributed by atoms with E-state index < -0.39 is 32.5 Å². The molecule has 0 radical (unpaired) electrons. The third kappa shape index (κ3) is 50.4. The number of likely N-dealkylation sites (N-methyl/N-ethyl adjacent to an activating group) is 1. The van der Waals surface area contributed by atoms with Gasteiger partial charge in [-0.3, -0.25) is 14.2 Å². The summed E-state index contributed by atoms with van der Waals surface area (Å²) in [5.74, 6) is -0.603. The van der Waals surface area contributed by atoms with Crippen LogP contribution in [0.3, 0.4) is 0 Å². The first-order valence-electron chi connectivity index (χ1n) is 28.6. The smallest absolute Gasteiger partial charge is 0.306 e. The molecule has 0 aromatic heterocycles. The van der Waals surface area contributed by atoms with Gasteiger partial charge in [0, 0.05) is 12.8 Å². The highest BCUT2D eigenvalue weighted by Gasteiger charge is 2.27. The minimum absolute atomic E-state index is 0.0308. The minimum atomic E-state index is -4.70. The number of nitrogens with zero attached hydrogens (tertiary/aromatic N) is 1. The van der Waals surface area contributed by atoms with Crippen molar-refractivity contribution >= 4 is 19.7 Å². The number of allylic oxidation sites excluding steroid dienone is 9. The van der Waals surface area contributed by atoms with Crippen LogP contribution in [0.4, 0.5) is 0 Å². The standard InChI is InChI=1S/C59H109N2O7P/c1-7-10-13-16-19-22-25-27-29-30-32-34-37-40-43-46-49-52-59(63)68-57(50-47-44-41-38-35-24-21-18-15-12-9-3)56(55-67-69(64,65)66-54-53-61(4,5)6)60-58(62)51-48-45-42-39-36-33-31-28-26-23-20-17-14-11-8-2/h19,22,27,29,32,34,40,43,47,50,56-57H,7-18,20-21,23-26,28,30-31,33,35-39,41-42,44-46,48-49,51-55H2,1-6H3,(H-,60,62,64,65)/b22-19-,29-27-,34-32-,43-40-,50-47+. The third-order valence-corrected chi connectivity index (χ3v) is 13.4. The number of quaternary nitrogens is 1. The van der Waals surface area contributed by atoms with Crippen molar-refractivity contribution in [3.8, 4) is 0 Å². The maximum absolute atomic E-state index is 13.5. The summed E-state index contributed by atoms with van der Waals surface area (Å²) in [7, 11) is 1.16. The lowest BCUT2D eigenvalue weighted by atomic mass is 10.0. The van der Waals surface area contributed by atoms with Crippen LogP contribution in [-0.2, 0) is 27.9 Å². The van der Waals surface area contributed by atoms with Gasteiger partial charge in [0.1, 0.15) is 19.3 Å². The number of ether oxygens (including phenoxy) is 1. The number of unbranched alkanes of at least 4 members (excludes halogenated alkanes) is 27. The molecule has 3 atom stereocenters. The molecule has 3 unspecified atom stereocenters. The molecule has 0 aliphatic heterocycles. The lowest BCUT2D eigenvalue weighted by molar-refractivity contribution is -0.870. The van der Waals surface area contributed by atoms with Crippen LogP contribution >= 0.6 is 7.82 Å². The van der Waals surface area contributed by atoms with Gasteiger partial charge in [0.05, 0.1) is 33.8 Å². The second-order valence-electron chi connectivity index (χ2n) is 20.4. The molecule has 1 amide bonds. The van der Waals surface area contributed by atoms with E-state index in [0.717, 1.165) is 64.2 Å². The predicted octanol–water partition coefficient (Wildman–Crippen LogP) is 16.5. The number of carbonyl (C=O) groups is 2. The number of phosphoric ester groups is 1. The molecule has 1 N–H and O–H groups in total. The van der Waals surface area contributed by atoms with E-state index in [9.17, 15) is 19.0 Å². The maximum Gasteiger partial charge on any atom is 0.306 e. The molecular formula is C59H109N2O7P. The van der Waals surface area contributed by atoms with Crippen LogP contribution in [0.2, 0.25) is 0 Å². The Labute approximate surface area is 426 Å². The van der Waals surface area contributed by atoms with Crippen LogP contribution in [0, 0.1) is 0 Å². The van der Waals surface area contributed by atoms with Crippen LogP contribution in [0.1, 0.15) is 252 Å². The van der Waals surface area contributed by atoms with E-state index in [1.807, 2.05) is 33.3 Å². The zero-order chi connectivity index (χ0) is 50.8. The molecule has 0 saturated heterocycles. The Balaban J connectivity index is 5.41. The average Bonchev–Trinajstić information content (AvgIpc) is 3.31. The summed E-state index contributed by atoms with van der Waals surface area (Å²) >= 11 is 0. The summed E-state index contributed by atoms with van der Waals surface area (Å²) in [5.41, 5.74) is 0. The third-order valence-electron chi connectivity index (χ3n) is 12.5. The van der Waals surface area contributed by atoms with E-state index in [1.165, 1.54) is 148 Å². The van der Waals surface area contributed by atoms with Crippen molar-refractivity contribution in [2.45, 2.75) is 264 Å². The molecule has 0 aromatic carbocycles. The number of esters is 1. The number of nitrogens with one attached hydrogen (secondary N) is 1. The molecule has 0 aromatic rings. The topological polar surface area (TPSA) is 114 Å². The molecule has 9 nitrogen and oxygen atoms in total. The number of hydrogen-bond donors (Lipinski definition) is 1. The molecule has 0 fully saturated rings. The van der Waals surface area contributed by atoms with Gasteiger partial charge in [0.25, 0.3) is 7.82 Å². The Morgan fingerprint density at radius 3 is 1.38 bits per heavy atom. The van der Waals surface area contributed by atoms with Crippen molar-refractivity contribution in [2.75, 3.05) is 40.9 Å². The molecule has 402 valence electrons. The van der Waals surface area contributed by atoms with E-state index in [2.05, 4.69) is 74.7 Å². The Bertz CT molecular complexity index is 1370. The molecule has 0 heterocycles. The predicted molar refractivity (Wildman–Crippen MR) is 293 cm³/mol. The van der Waals surface area contributed by atoms with Gasteiger partial charge in [0.2, 0.25) is 5.91 Å². The first-order valence-corrected chi connectivity index (χ1v) is 30.1. The van der Waals surface area contributed by atoms with Crippen molar-refractivity contribution in [1.82, 2.24) is 5.32 Å². The molecule has 0 aliphatic carbocycles. The molecule has 0 rings (SSSR count). The van der Waals surface area contributed by atoms with Crippen LogP contribution in [0.25, 0.3) is 0 Å². The van der Waals surface area contributed by atoms with Crippen molar-refractivity contribution < 1.29 is 37.3 Å². The number of rotatable bonds is 51. The fraction of sp³-hybridized carbons (Fsp3) is 0.797. The number of phosphoric acid groups is 1. The number of amides is 1. The zero-order valence-electron chi connectivity index (χ0n) is 45.8. The molecule has 0 spiro atoms. The van der Waals surface area contributed by atoms with E-state index in [-0.39, 0.29) is 18.9 Å². The van der Waals surface area contributed by atoms with E-state index in [0.29, 0.717) is 23.9 Å². The highest BCUT2D eigenvalue weighted by atomic mass is 31.2. The second kappa shape index (κ2) is 49.3.